The average Bonchev–Trinajstić information content (AvgIpc) is 2.29. The SMILES string of the molecule is OB(O)c1ccc(I)cc1-c1ccccc1. The van der Waals surface area contributed by atoms with Crippen LogP contribution in [0.1, 0.15) is 0 Å². The van der Waals surface area contributed by atoms with Gasteiger partial charge >= 0.3 is 7.12 Å². The Morgan fingerprint density at radius 1 is 0.938 bits per heavy atom. The molecule has 0 aliphatic heterocycles. The highest BCUT2D eigenvalue weighted by molar-refractivity contribution is 14.1. The minimum atomic E-state index is -1.44. The van der Waals surface area contributed by atoms with Gasteiger partial charge < -0.3 is 10.0 Å². The molecule has 0 aliphatic carbocycles. The lowest BCUT2D eigenvalue weighted by molar-refractivity contribution is 0.426. The Bertz CT molecular complexity index is 486. The molecular formula is C12H10BIO2. The molecule has 2 aromatic carbocycles. The Kier molecular flexibility index (Phi) is 3.63. The lowest BCUT2D eigenvalue weighted by Crippen LogP contribution is -2.31. The second-order valence-electron chi connectivity index (χ2n) is 3.47. The second-order valence-corrected chi connectivity index (χ2v) is 4.72. The van der Waals surface area contributed by atoms with Crippen molar-refractivity contribution in [1.29, 1.82) is 0 Å². The monoisotopic (exact) mass is 324 g/mol. The van der Waals surface area contributed by atoms with Gasteiger partial charge in [-0.05, 0) is 51.3 Å². The summed E-state index contributed by atoms with van der Waals surface area (Å²) >= 11 is 2.21. The largest absolute Gasteiger partial charge is 0.489 e. The molecule has 0 saturated carbocycles. The van der Waals surface area contributed by atoms with Crippen molar-refractivity contribution in [2.24, 2.45) is 0 Å². The molecule has 0 unspecified atom stereocenters. The topological polar surface area (TPSA) is 40.5 Å². The molecule has 16 heavy (non-hydrogen) atoms. The van der Waals surface area contributed by atoms with Crippen LogP contribution in [0.5, 0.6) is 0 Å². The molecule has 0 radical (unpaired) electrons. The number of halogens is 1. The Morgan fingerprint density at radius 2 is 1.62 bits per heavy atom. The van der Waals surface area contributed by atoms with E-state index in [0.717, 1.165) is 14.7 Å². The zero-order valence-electron chi connectivity index (χ0n) is 8.47. The van der Waals surface area contributed by atoms with Crippen LogP contribution in [0.15, 0.2) is 48.5 Å². The van der Waals surface area contributed by atoms with Gasteiger partial charge in [0, 0.05) is 3.57 Å². The number of rotatable bonds is 2. The van der Waals surface area contributed by atoms with Crippen molar-refractivity contribution in [3.05, 3.63) is 52.1 Å². The van der Waals surface area contributed by atoms with Gasteiger partial charge in [0.15, 0.2) is 0 Å². The van der Waals surface area contributed by atoms with Gasteiger partial charge in [0.1, 0.15) is 0 Å². The first kappa shape index (κ1) is 11.6. The standard InChI is InChI=1S/C12H10BIO2/c14-10-6-7-12(13(15)16)11(8-10)9-4-2-1-3-5-9/h1-8,15-16H. The molecule has 0 heterocycles. The van der Waals surface area contributed by atoms with Crippen molar-refractivity contribution in [3.8, 4) is 11.1 Å². The third-order valence-corrected chi connectivity index (χ3v) is 3.05. The average molecular weight is 324 g/mol. The van der Waals surface area contributed by atoms with Gasteiger partial charge in [-0.2, -0.15) is 0 Å². The summed E-state index contributed by atoms with van der Waals surface area (Å²) in [6.45, 7) is 0. The van der Waals surface area contributed by atoms with Crippen LogP contribution >= 0.6 is 22.6 Å². The van der Waals surface area contributed by atoms with E-state index in [0.29, 0.717) is 5.46 Å². The Hall–Kier alpha value is -0.845. The molecule has 0 bridgehead atoms. The molecule has 0 atom stereocenters. The van der Waals surface area contributed by atoms with Crippen molar-refractivity contribution in [2.75, 3.05) is 0 Å². The fourth-order valence-corrected chi connectivity index (χ4v) is 2.11. The normalized spacial score (nSPS) is 10.2. The van der Waals surface area contributed by atoms with Gasteiger partial charge in [0.2, 0.25) is 0 Å². The molecule has 2 rings (SSSR count). The molecule has 0 aliphatic rings. The predicted molar refractivity (Wildman–Crippen MR) is 74.4 cm³/mol. The zero-order chi connectivity index (χ0) is 11.5. The highest BCUT2D eigenvalue weighted by Gasteiger charge is 2.16. The molecule has 0 aromatic heterocycles. The molecule has 80 valence electrons. The highest BCUT2D eigenvalue weighted by Crippen LogP contribution is 2.19. The van der Waals surface area contributed by atoms with Crippen molar-refractivity contribution in [3.63, 3.8) is 0 Å². The first-order chi connectivity index (χ1) is 7.68. The van der Waals surface area contributed by atoms with E-state index in [4.69, 9.17) is 0 Å². The molecule has 2 aromatic rings. The van der Waals surface area contributed by atoms with E-state index in [1.807, 2.05) is 42.5 Å². The maximum atomic E-state index is 9.31. The summed E-state index contributed by atoms with van der Waals surface area (Å²) in [6, 6.07) is 15.3. The predicted octanol–water partition coefficient (Wildman–Crippen LogP) is 1.64. The van der Waals surface area contributed by atoms with Gasteiger partial charge in [-0.3, -0.25) is 0 Å². The fraction of sp³-hybridized carbons (Fsp3) is 0. The van der Waals surface area contributed by atoms with E-state index >= 15 is 0 Å². The van der Waals surface area contributed by atoms with Gasteiger partial charge in [0.05, 0.1) is 0 Å². The van der Waals surface area contributed by atoms with E-state index in [1.165, 1.54) is 0 Å². The molecular weight excluding hydrogens is 314 g/mol. The number of hydrogen-bond acceptors (Lipinski definition) is 2. The fourth-order valence-electron chi connectivity index (χ4n) is 1.62. The van der Waals surface area contributed by atoms with E-state index < -0.39 is 7.12 Å². The smallest absolute Gasteiger partial charge is 0.423 e. The zero-order valence-corrected chi connectivity index (χ0v) is 10.6. The number of hydrogen-bond donors (Lipinski definition) is 2. The summed E-state index contributed by atoms with van der Waals surface area (Å²) < 4.78 is 1.07. The van der Waals surface area contributed by atoms with E-state index in [1.54, 1.807) is 6.07 Å². The minimum Gasteiger partial charge on any atom is -0.423 e. The number of benzene rings is 2. The maximum absolute atomic E-state index is 9.31. The molecule has 0 spiro atoms. The Balaban J connectivity index is 2.58. The summed E-state index contributed by atoms with van der Waals surface area (Å²) in [7, 11) is -1.44. The summed E-state index contributed by atoms with van der Waals surface area (Å²) in [6.07, 6.45) is 0. The lowest BCUT2D eigenvalue weighted by Gasteiger charge is -2.09. The van der Waals surface area contributed by atoms with Gasteiger partial charge in [-0.1, -0.05) is 36.4 Å². The van der Waals surface area contributed by atoms with Gasteiger partial charge in [-0.15, -0.1) is 0 Å². The summed E-state index contributed by atoms with van der Waals surface area (Å²) in [5.41, 5.74) is 2.39. The first-order valence-electron chi connectivity index (χ1n) is 4.89. The lowest BCUT2D eigenvalue weighted by atomic mass is 9.75. The first-order valence-corrected chi connectivity index (χ1v) is 5.97. The van der Waals surface area contributed by atoms with Crippen molar-refractivity contribution < 1.29 is 10.0 Å². The molecule has 0 saturated heterocycles. The van der Waals surface area contributed by atoms with Crippen LogP contribution in [0.3, 0.4) is 0 Å². The Morgan fingerprint density at radius 3 is 2.25 bits per heavy atom. The summed E-state index contributed by atoms with van der Waals surface area (Å²) in [4.78, 5) is 0. The highest BCUT2D eigenvalue weighted by atomic mass is 127. The van der Waals surface area contributed by atoms with E-state index in [2.05, 4.69) is 22.6 Å². The Labute approximate surface area is 108 Å². The third-order valence-electron chi connectivity index (χ3n) is 2.38. The van der Waals surface area contributed by atoms with Gasteiger partial charge in [0.25, 0.3) is 0 Å². The van der Waals surface area contributed by atoms with Crippen molar-refractivity contribution >= 4 is 35.2 Å². The van der Waals surface area contributed by atoms with Crippen LogP contribution in [-0.2, 0) is 0 Å². The maximum Gasteiger partial charge on any atom is 0.489 e. The van der Waals surface area contributed by atoms with Crippen molar-refractivity contribution in [2.45, 2.75) is 0 Å². The molecule has 0 amide bonds. The van der Waals surface area contributed by atoms with Crippen LogP contribution in [0, 0.1) is 3.57 Å². The van der Waals surface area contributed by atoms with Crippen LogP contribution in [0.4, 0.5) is 0 Å². The van der Waals surface area contributed by atoms with Crippen LogP contribution in [0.25, 0.3) is 11.1 Å². The summed E-state index contributed by atoms with van der Waals surface area (Å²) in [5.74, 6) is 0. The third kappa shape index (κ3) is 2.45. The van der Waals surface area contributed by atoms with Crippen molar-refractivity contribution in [1.82, 2.24) is 0 Å². The van der Waals surface area contributed by atoms with Gasteiger partial charge in [-0.25, -0.2) is 0 Å². The molecule has 2 N–H and O–H groups in total. The molecule has 4 heteroatoms. The van der Waals surface area contributed by atoms with E-state index in [9.17, 15) is 10.0 Å². The second kappa shape index (κ2) is 4.99. The molecule has 2 nitrogen and oxygen atoms in total. The van der Waals surface area contributed by atoms with E-state index in [-0.39, 0.29) is 0 Å². The van der Waals surface area contributed by atoms with Crippen LogP contribution in [-0.4, -0.2) is 17.2 Å². The molecule has 0 fully saturated rings. The minimum absolute atomic E-state index is 0.534. The van der Waals surface area contributed by atoms with Crippen LogP contribution < -0.4 is 5.46 Å². The summed E-state index contributed by atoms with van der Waals surface area (Å²) in [5, 5.41) is 18.6. The quantitative estimate of drug-likeness (QED) is 0.651. The van der Waals surface area contributed by atoms with Crippen LogP contribution in [0.2, 0.25) is 0 Å².